The van der Waals surface area contributed by atoms with Gasteiger partial charge in [-0.1, -0.05) is 0 Å². The summed E-state index contributed by atoms with van der Waals surface area (Å²) in [6.07, 6.45) is 4.40. The lowest BCUT2D eigenvalue weighted by Crippen LogP contribution is -2.27. The Morgan fingerprint density at radius 3 is 2.60 bits per heavy atom. The summed E-state index contributed by atoms with van der Waals surface area (Å²) in [5, 5.41) is 0. The molecule has 1 aliphatic carbocycles. The van der Waals surface area contributed by atoms with Gasteiger partial charge in [0.05, 0.1) is 0 Å². The molecule has 10 heavy (non-hydrogen) atoms. The SMILES string of the molecule is NCCN1CCC2(CC2)C1. The minimum absolute atomic E-state index is 0.787. The van der Waals surface area contributed by atoms with Crippen molar-refractivity contribution >= 4 is 0 Å². The zero-order valence-corrected chi connectivity index (χ0v) is 6.47. The molecule has 2 rings (SSSR count). The molecule has 0 amide bonds. The monoisotopic (exact) mass is 140 g/mol. The lowest BCUT2D eigenvalue weighted by atomic mass is 10.1. The summed E-state index contributed by atoms with van der Waals surface area (Å²) in [6, 6.07) is 0. The van der Waals surface area contributed by atoms with Gasteiger partial charge in [-0.25, -0.2) is 0 Å². The van der Waals surface area contributed by atoms with E-state index in [1.807, 2.05) is 0 Å². The van der Waals surface area contributed by atoms with Gasteiger partial charge in [0.2, 0.25) is 0 Å². The summed E-state index contributed by atoms with van der Waals surface area (Å²) in [4.78, 5) is 2.51. The Balaban J connectivity index is 1.82. The van der Waals surface area contributed by atoms with Gasteiger partial charge in [0.1, 0.15) is 0 Å². The molecule has 0 aromatic heterocycles. The third kappa shape index (κ3) is 1.06. The maximum Gasteiger partial charge on any atom is 0.0105 e. The summed E-state index contributed by atoms with van der Waals surface area (Å²) in [6.45, 7) is 4.58. The number of hydrogen-bond acceptors (Lipinski definition) is 2. The molecule has 1 saturated carbocycles. The zero-order chi connectivity index (χ0) is 7.03. The van der Waals surface area contributed by atoms with Crippen molar-refractivity contribution < 1.29 is 0 Å². The summed E-state index contributed by atoms with van der Waals surface area (Å²) in [5.41, 5.74) is 6.26. The number of nitrogens with two attached hydrogens (primary N) is 1. The Kier molecular flexibility index (Phi) is 1.46. The van der Waals surface area contributed by atoms with Gasteiger partial charge in [-0.15, -0.1) is 0 Å². The van der Waals surface area contributed by atoms with E-state index in [9.17, 15) is 0 Å². The average molecular weight is 140 g/mol. The van der Waals surface area contributed by atoms with E-state index in [2.05, 4.69) is 4.90 Å². The van der Waals surface area contributed by atoms with Crippen molar-refractivity contribution in [2.24, 2.45) is 11.1 Å². The highest BCUT2D eigenvalue weighted by Crippen LogP contribution is 2.52. The number of rotatable bonds is 2. The van der Waals surface area contributed by atoms with Crippen LogP contribution in [0.2, 0.25) is 0 Å². The molecule has 2 N–H and O–H groups in total. The van der Waals surface area contributed by atoms with Crippen LogP contribution in [-0.4, -0.2) is 31.1 Å². The fraction of sp³-hybridized carbons (Fsp3) is 1.00. The molecule has 58 valence electrons. The van der Waals surface area contributed by atoms with E-state index in [-0.39, 0.29) is 0 Å². The molecule has 1 spiro atoms. The summed E-state index contributed by atoms with van der Waals surface area (Å²) in [7, 11) is 0. The van der Waals surface area contributed by atoms with Crippen LogP contribution >= 0.6 is 0 Å². The molecule has 0 aromatic rings. The molecule has 1 aliphatic heterocycles. The Morgan fingerprint density at radius 2 is 2.10 bits per heavy atom. The van der Waals surface area contributed by atoms with Crippen molar-refractivity contribution in [2.75, 3.05) is 26.2 Å². The predicted octanol–water partition coefficient (Wildman–Crippen LogP) is 0.431. The molecule has 0 unspecified atom stereocenters. The first-order valence-electron chi connectivity index (χ1n) is 4.27. The Hall–Kier alpha value is -0.0800. The van der Waals surface area contributed by atoms with E-state index in [0.29, 0.717) is 0 Å². The standard InChI is InChI=1S/C8H16N2/c9-4-6-10-5-3-8(7-10)1-2-8/h1-7,9H2. The second-order valence-corrected chi connectivity index (χ2v) is 3.81. The second kappa shape index (κ2) is 2.21. The highest BCUT2D eigenvalue weighted by Gasteiger charge is 2.47. The van der Waals surface area contributed by atoms with Gasteiger partial charge in [0.15, 0.2) is 0 Å². The first-order chi connectivity index (χ1) is 4.85. The van der Waals surface area contributed by atoms with E-state index in [0.717, 1.165) is 18.5 Å². The molecule has 1 saturated heterocycles. The molecule has 2 nitrogen and oxygen atoms in total. The van der Waals surface area contributed by atoms with E-state index in [1.165, 1.54) is 32.4 Å². The Labute approximate surface area is 62.4 Å². The number of likely N-dealkylation sites (tertiary alicyclic amines) is 1. The van der Waals surface area contributed by atoms with Crippen LogP contribution in [0.4, 0.5) is 0 Å². The minimum atomic E-state index is 0.787. The zero-order valence-electron chi connectivity index (χ0n) is 6.47. The van der Waals surface area contributed by atoms with Crippen LogP contribution in [0.1, 0.15) is 19.3 Å². The normalized spacial score (nSPS) is 29.7. The van der Waals surface area contributed by atoms with Crippen molar-refractivity contribution in [1.29, 1.82) is 0 Å². The largest absolute Gasteiger partial charge is 0.329 e. The van der Waals surface area contributed by atoms with Crippen LogP contribution < -0.4 is 5.73 Å². The van der Waals surface area contributed by atoms with Crippen LogP contribution in [0.5, 0.6) is 0 Å². The molecule has 2 aliphatic rings. The van der Waals surface area contributed by atoms with Crippen molar-refractivity contribution in [3.8, 4) is 0 Å². The summed E-state index contributed by atoms with van der Waals surface area (Å²) >= 11 is 0. The van der Waals surface area contributed by atoms with Gasteiger partial charge >= 0.3 is 0 Å². The van der Waals surface area contributed by atoms with Crippen LogP contribution in [0, 0.1) is 5.41 Å². The lowest BCUT2D eigenvalue weighted by Gasteiger charge is -2.13. The fourth-order valence-electron chi connectivity index (χ4n) is 1.99. The second-order valence-electron chi connectivity index (χ2n) is 3.81. The van der Waals surface area contributed by atoms with Crippen LogP contribution in [-0.2, 0) is 0 Å². The number of hydrogen-bond donors (Lipinski definition) is 1. The topological polar surface area (TPSA) is 29.3 Å². The Morgan fingerprint density at radius 1 is 1.30 bits per heavy atom. The first-order valence-corrected chi connectivity index (χ1v) is 4.27. The maximum absolute atomic E-state index is 5.48. The molecule has 0 radical (unpaired) electrons. The van der Waals surface area contributed by atoms with Crippen molar-refractivity contribution in [1.82, 2.24) is 4.90 Å². The third-order valence-electron chi connectivity index (χ3n) is 2.92. The van der Waals surface area contributed by atoms with Gasteiger partial charge in [-0.05, 0) is 31.2 Å². The van der Waals surface area contributed by atoms with Crippen molar-refractivity contribution in [3.05, 3.63) is 0 Å². The van der Waals surface area contributed by atoms with Gasteiger partial charge in [-0.3, -0.25) is 0 Å². The highest BCUT2D eigenvalue weighted by atomic mass is 15.2. The van der Waals surface area contributed by atoms with Gasteiger partial charge in [0.25, 0.3) is 0 Å². The van der Waals surface area contributed by atoms with E-state index < -0.39 is 0 Å². The highest BCUT2D eigenvalue weighted by molar-refractivity contribution is 5.00. The third-order valence-corrected chi connectivity index (χ3v) is 2.92. The fourth-order valence-corrected chi connectivity index (χ4v) is 1.99. The van der Waals surface area contributed by atoms with Crippen molar-refractivity contribution in [2.45, 2.75) is 19.3 Å². The quantitative estimate of drug-likeness (QED) is 0.602. The molecule has 0 atom stereocenters. The van der Waals surface area contributed by atoms with Gasteiger partial charge < -0.3 is 10.6 Å². The van der Waals surface area contributed by atoms with Gasteiger partial charge in [0, 0.05) is 19.6 Å². The number of nitrogens with zero attached hydrogens (tertiary/aromatic N) is 1. The molecular formula is C8H16N2. The average Bonchev–Trinajstić information content (AvgIpc) is 2.52. The molecule has 0 bridgehead atoms. The predicted molar refractivity (Wildman–Crippen MR) is 41.8 cm³/mol. The molecule has 2 fully saturated rings. The Bertz CT molecular complexity index is 129. The molecule has 1 heterocycles. The molecule has 2 heteroatoms. The summed E-state index contributed by atoms with van der Waals surface area (Å²) in [5.74, 6) is 0. The van der Waals surface area contributed by atoms with Crippen LogP contribution in [0.15, 0.2) is 0 Å². The van der Waals surface area contributed by atoms with E-state index in [4.69, 9.17) is 5.73 Å². The van der Waals surface area contributed by atoms with Crippen molar-refractivity contribution in [3.63, 3.8) is 0 Å². The summed E-state index contributed by atoms with van der Waals surface area (Å²) < 4.78 is 0. The smallest absolute Gasteiger partial charge is 0.0105 e. The molecular weight excluding hydrogens is 124 g/mol. The minimum Gasteiger partial charge on any atom is -0.329 e. The van der Waals surface area contributed by atoms with Crippen LogP contribution in [0.3, 0.4) is 0 Å². The lowest BCUT2D eigenvalue weighted by molar-refractivity contribution is 0.329. The van der Waals surface area contributed by atoms with Crippen LogP contribution in [0.25, 0.3) is 0 Å². The van der Waals surface area contributed by atoms with E-state index >= 15 is 0 Å². The van der Waals surface area contributed by atoms with Gasteiger partial charge in [-0.2, -0.15) is 0 Å². The first kappa shape index (κ1) is 6.62. The molecule has 0 aromatic carbocycles. The van der Waals surface area contributed by atoms with E-state index in [1.54, 1.807) is 0 Å². The maximum atomic E-state index is 5.48.